The number of aromatic nitrogens is 6. The zero-order valence-corrected chi connectivity index (χ0v) is 12.1. The predicted molar refractivity (Wildman–Crippen MR) is 78.4 cm³/mol. The van der Waals surface area contributed by atoms with Crippen LogP contribution in [0.5, 0.6) is 0 Å². The van der Waals surface area contributed by atoms with E-state index in [-0.39, 0.29) is 0 Å². The molecule has 3 aromatic heterocycles. The molecule has 1 unspecified atom stereocenters. The van der Waals surface area contributed by atoms with Gasteiger partial charge in [-0.2, -0.15) is 19.7 Å². The molecule has 108 valence electrons. The number of aryl methyl sites for hydroxylation is 1. The van der Waals surface area contributed by atoms with Gasteiger partial charge in [0.25, 0.3) is 5.78 Å². The highest BCUT2D eigenvalue weighted by Gasteiger charge is 2.28. The maximum atomic E-state index is 4.48. The maximum absolute atomic E-state index is 4.48. The van der Waals surface area contributed by atoms with Crippen LogP contribution in [0.1, 0.15) is 23.7 Å². The molecule has 0 radical (unpaired) electrons. The van der Waals surface area contributed by atoms with E-state index in [9.17, 15) is 0 Å². The summed E-state index contributed by atoms with van der Waals surface area (Å²) >= 11 is 0. The van der Waals surface area contributed by atoms with Crippen LogP contribution in [0.25, 0.3) is 5.78 Å². The first kappa shape index (κ1) is 12.3. The van der Waals surface area contributed by atoms with Crippen LogP contribution in [0.2, 0.25) is 0 Å². The lowest BCUT2D eigenvalue weighted by atomic mass is 10.2. The van der Waals surface area contributed by atoms with Crippen molar-refractivity contribution < 1.29 is 0 Å². The van der Waals surface area contributed by atoms with Crippen LogP contribution >= 0.6 is 0 Å². The van der Waals surface area contributed by atoms with Gasteiger partial charge in [0.1, 0.15) is 12.1 Å². The predicted octanol–water partition coefficient (Wildman–Crippen LogP) is 1.39. The zero-order chi connectivity index (χ0) is 14.4. The first-order valence-electron chi connectivity index (χ1n) is 7.15. The van der Waals surface area contributed by atoms with Gasteiger partial charge in [0.15, 0.2) is 0 Å². The van der Waals surface area contributed by atoms with Crippen molar-refractivity contribution in [1.82, 2.24) is 29.4 Å². The Labute approximate surface area is 122 Å². The minimum absolute atomic E-state index is 0.409. The summed E-state index contributed by atoms with van der Waals surface area (Å²) in [6.45, 7) is 6.04. The van der Waals surface area contributed by atoms with Crippen molar-refractivity contribution in [2.75, 3.05) is 18.0 Å². The largest absolute Gasteiger partial charge is 0.354 e. The fourth-order valence-corrected chi connectivity index (χ4v) is 3.03. The molecule has 0 aromatic carbocycles. The van der Waals surface area contributed by atoms with Crippen LogP contribution in [0.4, 0.5) is 5.82 Å². The Hall–Kier alpha value is -2.44. The smallest absolute Gasteiger partial charge is 0.254 e. The molecule has 4 heterocycles. The molecule has 1 aliphatic heterocycles. The molecule has 7 nitrogen and oxygen atoms in total. The molecule has 0 amide bonds. The van der Waals surface area contributed by atoms with E-state index in [1.807, 2.05) is 34.6 Å². The van der Waals surface area contributed by atoms with Crippen LogP contribution in [0, 0.1) is 13.8 Å². The average Bonchev–Trinajstić information content (AvgIpc) is 3.19. The molecule has 7 heteroatoms. The molecular formula is C14H17N7. The number of anilines is 1. The van der Waals surface area contributed by atoms with E-state index in [1.54, 1.807) is 6.33 Å². The number of fused-ring (bicyclic) bond motifs is 1. The van der Waals surface area contributed by atoms with E-state index >= 15 is 0 Å². The van der Waals surface area contributed by atoms with E-state index in [1.165, 1.54) is 0 Å². The quantitative estimate of drug-likeness (QED) is 0.711. The van der Waals surface area contributed by atoms with Crippen molar-refractivity contribution in [3.05, 3.63) is 36.0 Å². The Morgan fingerprint density at radius 2 is 2.14 bits per heavy atom. The normalized spacial score (nSPS) is 18.8. The lowest BCUT2D eigenvalue weighted by Gasteiger charge is -2.22. The number of hydrogen-bond acceptors (Lipinski definition) is 5. The van der Waals surface area contributed by atoms with E-state index in [2.05, 4.69) is 32.0 Å². The molecule has 4 rings (SSSR count). The van der Waals surface area contributed by atoms with Gasteiger partial charge in [-0.25, -0.2) is 4.98 Å². The maximum Gasteiger partial charge on any atom is 0.254 e. The third-order valence-electron chi connectivity index (χ3n) is 4.24. The van der Waals surface area contributed by atoms with Gasteiger partial charge in [-0.05, 0) is 26.3 Å². The summed E-state index contributed by atoms with van der Waals surface area (Å²) in [4.78, 5) is 11.1. The summed E-state index contributed by atoms with van der Waals surface area (Å²) in [6.07, 6.45) is 6.51. The van der Waals surface area contributed by atoms with E-state index in [0.717, 1.165) is 36.6 Å². The summed E-state index contributed by atoms with van der Waals surface area (Å²) in [5, 5.41) is 8.69. The molecular weight excluding hydrogens is 266 g/mol. The zero-order valence-electron chi connectivity index (χ0n) is 12.1. The number of rotatable bonds is 2. The van der Waals surface area contributed by atoms with Gasteiger partial charge >= 0.3 is 0 Å². The molecule has 0 saturated carbocycles. The van der Waals surface area contributed by atoms with Crippen molar-refractivity contribution in [2.45, 2.75) is 26.3 Å². The Kier molecular flexibility index (Phi) is 2.66. The molecule has 0 aliphatic carbocycles. The second-order valence-electron chi connectivity index (χ2n) is 5.49. The fraction of sp³-hybridized carbons (Fsp3) is 0.429. The average molecular weight is 283 g/mol. The first-order valence-corrected chi connectivity index (χ1v) is 7.15. The molecule has 1 atom stereocenters. The van der Waals surface area contributed by atoms with Gasteiger partial charge in [-0.15, -0.1) is 0 Å². The first-order chi connectivity index (χ1) is 10.2. The molecule has 1 fully saturated rings. The second kappa shape index (κ2) is 4.54. The monoisotopic (exact) mass is 283 g/mol. The van der Waals surface area contributed by atoms with Crippen LogP contribution in [0.15, 0.2) is 24.8 Å². The number of hydrogen-bond donors (Lipinski definition) is 0. The highest BCUT2D eigenvalue weighted by molar-refractivity contribution is 5.54. The topological polar surface area (TPSA) is 64.1 Å². The van der Waals surface area contributed by atoms with Crippen LogP contribution in [-0.2, 0) is 0 Å². The van der Waals surface area contributed by atoms with Gasteiger partial charge in [0.2, 0.25) is 0 Å². The summed E-state index contributed by atoms with van der Waals surface area (Å²) in [5.41, 5.74) is 2.17. The Morgan fingerprint density at radius 1 is 1.24 bits per heavy atom. The van der Waals surface area contributed by atoms with Gasteiger partial charge in [-0.1, -0.05) is 0 Å². The second-order valence-corrected chi connectivity index (χ2v) is 5.49. The molecule has 3 aromatic rings. The van der Waals surface area contributed by atoms with E-state index in [4.69, 9.17) is 0 Å². The van der Waals surface area contributed by atoms with E-state index in [0.29, 0.717) is 11.8 Å². The van der Waals surface area contributed by atoms with Crippen LogP contribution < -0.4 is 4.90 Å². The SMILES string of the molecule is Cc1nc2ncnn2c(N2CCC(n3cccn3)C2)c1C. The summed E-state index contributed by atoms with van der Waals surface area (Å²) in [6, 6.07) is 2.38. The Balaban J connectivity index is 1.74. The van der Waals surface area contributed by atoms with Crippen molar-refractivity contribution in [1.29, 1.82) is 0 Å². The molecule has 0 N–H and O–H groups in total. The Bertz CT molecular complexity index is 774. The third-order valence-corrected chi connectivity index (χ3v) is 4.24. The highest BCUT2D eigenvalue weighted by atomic mass is 15.4. The lowest BCUT2D eigenvalue weighted by molar-refractivity contribution is 0.494. The van der Waals surface area contributed by atoms with Gasteiger partial charge in [0, 0.05) is 36.7 Å². The minimum atomic E-state index is 0.409. The van der Waals surface area contributed by atoms with E-state index < -0.39 is 0 Å². The fourth-order valence-electron chi connectivity index (χ4n) is 3.03. The third kappa shape index (κ3) is 1.88. The van der Waals surface area contributed by atoms with Gasteiger partial charge in [0.05, 0.1) is 6.04 Å². The van der Waals surface area contributed by atoms with Crippen molar-refractivity contribution in [3.8, 4) is 0 Å². The molecule has 1 aliphatic rings. The summed E-state index contributed by atoms with van der Waals surface area (Å²) < 4.78 is 3.88. The number of nitrogens with zero attached hydrogens (tertiary/aromatic N) is 7. The van der Waals surface area contributed by atoms with Crippen LogP contribution in [0.3, 0.4) is 0 Å². The summed E-state index contributed by atoms with van der Waals surface area (Å²) in [7, 11) is 0. The minimum Gasteiger partial charge on any atom is -0.354 e. The molecule has 21 heavy (non-hydrogen) atoms. The Morgan fingerprint density at radius 3 is 2.95 bits per heavy atom. The van der Waals surface area contributed by atoms with Gasteiger partial charge in [-0.3, -0.25) is 4.68 Å². The van der Waals surface area contributed by atoms with Crippen LogP contribution in [-0.4, -0.2) is 42.5 Å². The standard InChI is InChI=1S/C14H17N7/c1-10-11(2)18-14-15-9-17-21(14)13(10)19-7-4-12(8-19)20-6-3-5-16-20/h3,5-6,9,12H,4,7-8H2,1-2H3. The lowest BCUT2D eigenvalue weighted by Crippen LogP contribution is -2.25. The van der Waals surface area contributed by atoms with Crippen molar-refractivity contribution >= 4 is 11.6 Å². The molecule has 1 saturated heterocycles. The van der Waals surface area contributed by atoms with Crippen molar-refractivity contribution in [3.63, 3.8) is 0 Å². The molecule has 0 spiro atoms. The summed E-state index contributed by atoms with van der Waals surface area (Å²) in [5.74, 6) is 1.76. The van der Waals surface area contributed by atoms with Gasteiger partial charge < -0.3 is 4.90 Å². The highest BCUT2D eigenvalue weighted by Crippen LogP contribution is 2.29. The molecule has 0 bridgehead atoms. The van der Waals surface area contributed by atoms with Crippen molar-refractivity contribution in [2.24, 2.45) is 0 Å².